The zero-order valence-corrected chi connectivity index (χ0v) is 74.8. The molecular weight excluding hydrogens is 1660 g/mol. The van der Waals surface area contributed by atoms with Gasteiger partial charge in [0.25, 0.3) is 0 Å². The van der Waals surface area contributed by atoms with Gasteiger partial charge >= 0.3 is 0 Å². The van der Waals surface area contributed by atoms with Crippen molar-refractivity contribution in [2.24, 2.45) is 0 Å². The maximum atomic E-state index is 4.67. The topological polar surface area (TPSA) is 58.4 Å². The molecule has 634 valence electrons. The molecule has 0 atom stereocenters. The second-order valence-corrected chi connectivity index (χ2v) is 37.9. The summed E-state index contributed by atoms with van der Waals surface area (Å²) in [6, 6.07) is 150. The van der Waals surface area contributed by atoms with E-state index >= 15 is 0 Å². The van der Waals surface area contributed by atoms with Gasteiger partial charge in [0, 0.05) is 114 Å². The predicted octanol–water partition coefficient (Wildman–Crippen LogP) is 34.6. The summed E-state index contributed by atoms with van der Waals surface area (Å²) in [4.78, 5) is 13.9. The van der Waals surface area contributed by atoms with E-state index in [0.29, 0.717) is 0 Å². The van der Waals surface area contributed by atoms with Crippen molar-refractivity contribution in [1.29, 1.82) is 0 Å². The van der Waals surface area contributed by atoms with Crippen LogP contribution in [0.25, 0.3) is 283 Å². The highest BCUT2D eigenvalue weighted by molar-refractivity contribution is 6.38. The van der Waals surface area contributed by atoms with E-state index < -0.39 is 0 Å². The van der Waals surface area contributed by atoms with Gasteiger partial charge in [-0.05, 0) is 265 Å². The van der Waals surface area contributed by atoms with Crippen LogP contribution in [0.4, 0.5) is 0 Å². The first-order valence-electron chi connectivity index (χ1n) is 47.4. The highest BCUT2D eigenvalue weighted by Gasteiger charge is 2.36. The Morgan fingerprint density at radius 1 is 0.182 bits per heavy atom. The first-order valence-corrected chi connectivity index (χ1v) is 47.4. The average Bonchev–Trinajstić information content (AvgIpc) is 1.62. The number of aromatic nitrogens is 7. The molecule has 1 aliphatic carbocycles. The fourth-order valence-corrected chi connectivity index (χ4v) is 24.8. The molecule has 0 N–H and O–H groups in total. The van der Waals surface area contributed by atoms with Crippen molar-refractivity contribution >= 4 is 227 Å². The second-order valence-electron chi connectivity index (χ2n) is 37.9. The van der Waals surface area contributed by atoms with E-state index in [2.05, 4.69) is 466 Å². The lowest BCUT2D eigenvalue weighted by atomic mass is 9.82. The highest BCUT2D eigenvalue weighted by atomic mass is 15.0. The smallest absolute Gasteiger partial charge is 0.0619 e. The Bertz CT molecular complexity index is 10500. The van der Waals surface area contributed by atoms with Crippen LogP contribution in [-0.4, -0.2) is 33.2 Å². The Hall–Kier alpha value is -17.9. The number of para-hydroxylation sites is 2. The van der Waals surface area contributed by atoms with Crippen molar-refractivity contribution < 1.29 is 0 Å². The van der Waals surface area contributed by atoms with Crippen LogP contribution in [0.15, 0.2) is 444 Å². The third kappa shape index (κ3) is 10.7. The van der Waals surface area contributed by atoms with Gasteiger partial charge in [-0.3, -0.25) is 15.0 Å². The molecule has 0 saturated carbocycles. The molecule has 7 aromatic heterocycles. The Morgan fingerprint density at radius 2 is 0.540 bits per heavy atom. The van der Waals surface area contributed by atoms with Crippen molar-refractivity contribution in [2.75, 3.05) is 0 Å². The molecule has 0 unspecified atom stereocenters. The van der Waals surface area contributed by atoms with Crippen LogP contribution in [0.5, 0.6) is 0 Å². The zero-order chi connectivity index (χ0) is 89.7. The number of rotatable bonds is 6. The van der Waals surface area contributed by atoms with Crippen LogP contribution in [0, 0.1) is 0 Å². The number of nitrogens with zero attached hydrogens (tertiary/aromatic N) is 7. The van der Waals surface area contributed by atoms with E-state index in [1.165, 1.54) is 283 Å². The fourth-order valence-electron chi connectivity index (χ4n) is 24.8. The maximum Gasteiger partial charge on any atom is 0.0619 e. The molecule has 7 heteroatoms. The van der Waals surface area contributed by atoms with Crippen LogP contribution < -0.4 is 0 Å². The number of hydrogen-bond donors (Lipinski definition) is 0. The summed E-state index contributed by atoms with van der Waals surface area (Å²) in [5.41, 5.74) is 24.7. The third-order valence-corrected chi connectivity index (χ3v) is 30.7. The largest absolute Gasteiger partial charge is 0.309 e. The van der Waals surface area contributed by atoms with E-state index in [-0.39, 0.29) is 5.41 Å². The number of benzene rings is 24. The molecule has 0 bridgehead atoms. The molecule has 0 spiro atoms. The summed E-state index contributed by atoms with van der Waals surface area (Å²) >= 11 is 0. The molecule has 7 nitrogen and oxygen atoms in total. The predicted molar refractivity (Wildman–Crippen MR) is 580 cm³/mol. The first-order chi connectivity index (χ1) is 67.8. The fraction of sp³-hybridized carbons (Fsp3) is 0.0231. The zero-order valence-electron chi connectivity index (χ0n) is 74.8. The Morgan fingerprint density at radius 3 is 1.12 bits per heavy atom. The minimum atomic E-state index is -0.0677. The minimum absolute atomic E-state index is 0.0677. The van der Waals surface area contributed by atoms with Crippen LogP contribution in [0.1, 0.15) is 25.0 Å². The third-order valence-electron chi connectivity index (χ3n) is 30.7. The summed E-state index contributed by atoms with van der Waals surface area (Å²) in [7, 11) is 0. The maximum absolute atomic E-state index is 4.67. The lowest BCUT2D eigenvalue weighted by molar-refractivity contribution is 0.660. The van der Waals surface area contributed by atoms with Gasteiger partial charge in [0.05, 0.1) is 49.8 Å². The molecule has 1 aliphatic rings. The Kier molecular flexibility index (Phi) is 15.8. The average molecular weight is 1740 g/mol. The molecule has 31 aromatic rings. The number of hydrogen-bond acceptors (Lipinski definition) is 3. The van der Waals surface area contributed by atoms with E-state index in [1.54, 1.807) is 0 Å². The number of fused-ring (bicyclic) bond motifs is 22. The van der Waals surface area contributed by atoms with Gasteiger partial charge in [-0.25, -0.2) is 0 Å². The van der Waals surface area contributed by atoms with E-state index in [9.17, 15) is 0 Å². The summed E-state index contributed by atoms with van der Waals surface area (Å²) in [5, 5.41) is 43.2. The van der Waals surface area contributed by atoms with Crippen molar-refractivity contribution in [3.63, 3.8) is 0 Å². The van der Waals surface area contributed by atoms with Crippen molar-refractivity contribution in [1.82, 2.24) is 33.2 Å². The molecule has 32 rings (SSSR count). The minimum Gasteiger partial charge on any atom is -0.309 e. The highest BCUT2D eigenvalue weighted by Crippen LogP contribution is 2.54. The SMILES string of the molecule is CC1(C)c2ccccc2-c2ccc(-n3c4ccncc4c4c5ccc6ccc(-c7ccc8ccccc8c7)c7ccc(cc43)c5c67)cc21.c1cc2ccc3cc4c(c5ccc(c1)c2c35)c1cnccc1n4-c1ccc(-n2c3ccccc3c3ccccc32)cc1.c1ccc2c(-c3c4ccccc4c(-n4c5ccncc5c5c6ccc7cccc8ccc(cc54)c6c87)c4ccccc34)cccc2c1. The van der Waals surface area contributed by atoms with Gasteiger partial charge in [-0.15, -0.1) is 0 Å². The van der Waals surface area contributed by atoms with Crippen LogP contribution >= 0.6 is 0 Å². The molecule has 7 heterocycles. The van der Waals surface area contributed by atoms with E-state index in [1.807, 2.05) is 24.8 Å². The van der Waals surface area contributed by atoms with Crippen LogP contribution in [-0.2, 0) is 5.41 Å². The quantitative estimate of drug-likeness (QED) is 0.123. The second kappa shape index (κ2) is 28.6. The normalized spacial score (nSPS) is 12.8. The Balaban J connectivity index is 0.0000000976. The number of pyridine rings is 3. The summed E-state index contributed by atoms with van der Waals surface area (Å²) < 4.78 is 9.74. The van der Waals surface area contributed by atoms with Gasteiger partial charge in [0.15, 0.2) is 0 Å². The van der Waals surface area contributed by atoms with Gasteiger partial charge in [-0.2, -0.15) is 0 Å². The summed E-state index contributed by atoms with van der Waals surface area (Å²) in [5.74, 6) is 0. The molecule has 0 radical (unpaired) electrons. The summed E-state index contributed by atoms with van der Waals surface area (Å²) in [6.45, 7) is 4.71. The molecular formula is C130H79N7. The molecule has 0 saturated heterocycles. The molecule has 24 aromatic carbocycles. The standard InChI is InChI=1S/C46H30N2.C45H26N2.C39H23N3/c1-46(2)39-10-6-5-9-34(39)35-20-16-32(25-40(35)46)48-41-21-22-47-26-38(41)45-37-19-14-28-13-17-33(30-12-11-27-7-3-4-8-29(27)23-30)36-18-15-31(24-42(45)48)44(37)43(28)36;1-2-13-31-27(9-1)10-8-18-32(31)43-33-14-3-5-16-35(33)45(36-17-6-4-15-34(36)43)47-39-23-24-46-26-38(39)44-37-22-21-29-12-7-11-28-19-20-30(25-40(44)47)42(37)41(28)29;1-3-10-33-29(8-1)30-9-2-4-11-34(30)41(33)27-15-17-28(18-16-27)42-35-20-21-40-23-32(35)39-31-19-14-25-7-5-6-24-12-13-26(22-36(39)42)38(31)37(24)25/h3-26H,1-2H3;1-26H;1-23H. The van der Waals surface area contributed by atoms with Gasteiger partial charge in [0.1, 0.15) is 0 Å². The lowest BCUT2D eigenvalue weighted by Crippen LogP contribution is -2.15. The van der Waals surface area contributed by atoms with E-state index in [4.69, 9.17) is 0 Å². The molecule has 0 aliphatic heterocycles. The lowest BCUT2D eigenvalue weighted by Gasteiger charge is -2.22. The first kappa shape index (κ1) is 75.7. The van der Waals surface area contributed by atoms with Crippen LogP contribution in [0.3, 0.4) is 0 Å². The van der Waals surface area contributed by atoms with Crippen molar-refractivity contribution in [3.05, 3.63) is 455 Å². The van der Waals surface area contributed by atoms with Crippen LogP contribution in [0.2, 0.25) is 0 Å². The van der Waals surface area contributed by atoms with Crippen molar-refractivity contribution in [2.45, 2.75) is 19.3 Å². The van der Waals surface area contributed by atoms with E-state index in [0.717, 1.165) is 11.4 Å². The molecule has 0 fully saturated rings. The Labute approximate surface area is 785 Å². The van der Waals surface area contributed by atoms with Gasteiger partial charge < -0.3 is 18.3 Å². The summed E-state index contributed by atoms with van der Waals surface area (Å²) in [6.07, 6.45) is 11.9. The van der Waals surface area contributed by atoms with Gasteiger partial charge in [0.2, 0.25) is 0 Å². The molecule has 0 amide bonds. The monoisotopic (exact) mass is 1740 g/mol. The molecule has 137 heavy (non-hydrogen) atoms. The van der Waals surface area contributed by atoms with Crippen molar-refractivity contribution in [3.8, 4) is 56.1 Å². The van der Waals surface area contributed by atoms with Gasteiger partial charge in [-0.1, -0.05) is 329 Å².